The normalized spacial score (nSPS) is 15.1. The molecule has 0 saturated heterocycles. The smallest absolute Gasteiger partial charge is 0.0573 e. The third-order valence-electron chi connectivity index (χ3n) is 10.1. The maximum absolute atomic E-state index is 2.52. The predicted octanol–water partition coefficient (Wildman–Crippen LogP) is 12.4. The monoisotopic (exact) mass is 643 g/mol. The van der Waals surface area contributed by atoms with Gasteiger partial charge >= 0.3 is 0 Å². The van der Waals surface area contributed by atoms with E-state index in [0.29, 0.717) is 0 Å². The highest BCUT2D eigenvalue weighted by Crippen LogP contribution is 2.51. The Labute approximate surface area is 293 Å². The standard InChI is InChI=1S/C47H37N3/c1-3-4-20-42-33(2)50(41-18-12-7-13-19-41)47-43(35-22-24-46-37(30-35)26-28-49(46)40-16-10-6-11-17-40)31-38(32-44(42)47)34-21-23-45-36(29-34)25-27-48(45)39-14-8-5-9-15-39/h3-33H,1-2H3/b4-3-,42-20+. The van der Waals surface area contributed by atoms with Crippen LogP contribution in [-0.4, -0.2) is 15.2 Å². The van der Waals surface area contributed by atoms with Gasteiger partial charge in [0.2, 0.25) is 0 Å². The minimum Gasteiger partial charge on any atom is -0.333 e. The van der Waals surface area contributed by atoms with Crippen LogP contribution in [0.25, 0.3) is 61.0 Å². The summed E-state index contributed by atoms with van der Waals surface area (Å²) < 4.78 is 4.54. The van der Waals surface area contributed by atoms with Gasteiger partial charge in [0.1, 0.15) is 0 Å². The third-order valence-corrected chi connectivity index (χ3v) is 10.1. The molecule has 9 rings (SSSR count). The molecule has 0 amide bonds. The molecule has 0 spiro atoms. The summed E-state index contributed by atoms with van der Waals surface area (Å²) in [7, 11) is 0. The van der Waals surface area contributed by atoms with Gasteiger partial charge < -0.3 is 14.0 Å². The van der Waals surface area contributed by atoms with Gasteiger partial charge in [-0.2, -0.15) is 0 Å². The van der Waals surface area contributed by atoms with Crippen molar-refractivity contribution in [2.75, 3.05) is 4.90 Å². The quantitative estimate of drug-likeness (QED) is 0.176. The number of fused-ring (bicyclic) bond motifs is 3. The number of rotatable bonds is 6. The summed E-state index contributed by atoms with van der Waals surface area (Å²) in [5, 5.41) is 2.44. The number of nitrogens with zero attached hydrogens (tertiary/aromatic N) is 3. The van der Waals surface area contributed by atoms with Crippen LogP contribution in [-0.2, 0) is 0 Å². The summed E-state index contributed by atoms with van der Waals surface area (Å²) in [6.45, 7) is 4.41. The second kappa shape index (κ2) is 12.3. The summed E-state index contributed by atoms with van der Waals surface area (Å²) in [6.07, 6.45) is 10.9. The van der Waals surface area contributed by atoms with Gasteiger partial charge in [0.25, 0.3) is 0 Å². The molecule has 8 aromatic rings. The van der Waals surface area contributed by atoms with Gasteiger partial charge in [-0.15, -0.1) is 0 Å². The summed E-state index contributed by atoms with van der Waals surface area (Å²) in [5.74, 6) is 0. The van der Waals surface area contributed by atoms with Crippen LogP contribution in [0.3, 0.4) is 0 Å². The molecule has 0 saturated carbocycles. The summed E-state index contributed by atoms with van der Waals surface area (Å²) in [5.41, 5.74) is 14.6. The van der Waals surface area contributed by atoms with Crippen LogP contribution in [0.15, 0.2) is 182 Å². The van der Waals surface area contributed by atoms with E-state index in [2.05, 4.69) is 210 Å². The highest BCUT2D eigenvalue weighted by molar-refractivity contribution is 6.03. The van der Waals surface area contributed by atoms with Crippen LogP contribution in [0, 0.1) is 0 Å². The third kappa shape index (κ3) is 4.98. The molecule has 0 bridgehead atoms. The van der Waals surface area contributed by atoms with Crippen LogP contribution in [0.2, 0.25) is 0 Å². The average Bonchev–Trinajstić information content (AvgIpc) is 3.87. The van der Waals surface area contributed by atoms with Crippen molar-refractivity contribution in [3.8, 4) is 33.6 Å². The fourth-order valence-corrected chi connectivity index (χ4v) is 7.69. The second-order valence-corrected chi connectivity index (χ2v) is 13.0. The van der Waals surface area contributed by atoms with Gasteiger partial charge in [-0.25, -0.2) is 0 Å². The number of hydrogen-bond acceptors (Lipinski definition) is 1. The Morgan fingerprint density at radius 3 is 1.60 bits per heavy atom. The van der Waals surface area contributed by atoms with E-state index in [1.807, 2.05) is 0 Å². The molecule has 1 unspecified atom stereocenters. The lowest BCUT2D eigenvalue weighted by atomic mass is 9.91. The number of aromatic nitrogens is 2. The zero-order valence-electron chi connectivity index (χ0n) is 28.2. The molecule has 0 aliphatic carbocycles. The maximum atomic E-state index is 2.52. The zero-order valence-corrected chi connectivity index (χ0v) is 28.2. The number of benzene rings is 6. The number of anilines is 2. The minimum absolute atomic E-state index is 0.155. The summed E-state index contributed by atoms with van der Waals surface area (Å²) in [6, 6.07) is 55.2. The van der Waals surface area contributed by atoms with E-state index in [0.717, 1.165) is 5.69 Å². The molecule has 0 N–H and O–H groups in total. The minimum atomic E-state index is 0.155. The SMILES string of the molecule is C/C=C\C=C1\c2cc(-c3ccc4c(ccn4-c4ccccc4)c3)cc(-c3ccc4c(ccn4-c4ccccc4)c3)c2N(c2ccccc2)C1C. The van der Waals surface area contributed by atoms with Crippen molar-refractivity contribution in [1.82, 2.24) is 9.13 Å². The van der Waals surface area contributed by atoms with E-state index in [9.17, 15) is 0 Å². The van der Waals surface area contributed by atoms with Gasteiger partial charge in [0.05, 0.1) is 22.8 Å². The Bertz CT molecular complexity index is 2550. The van der Waals surface area contributed by atoms with Gasteiger partial charge in [-0.3, -0.25) is 0 Å². The highest BCUT2D eigenvalue weighted by Gasteiger charge is 2.34. The van der Waals surface area contributed by atoms with Crippen molar-refractivity contribution in [1.29, 1.82) is 0 Å². The zero-order chi connectivity index (χ0) is 33.6. The number of hydrogen-bond donors (Lipinski definition) is 0. The lowest BCUT2D eigenvalue weighted by Crippen LogP contribution is -2.23. The van der Waals surface area contributed by atoms with E-state index in [-0.39, 0.29) is 6.04 Å². The van der Waals surface area contributed by atoms with Gasteiger partial charge in [0.15, 0.2) is 0 Å². The molecular weight excluding hydrogens is 607 g/mol. The van der Waals surface area contributed by atoms with Crippen molar-refractivity contribution in [3.63, 3.8) is 0 Å². The van der Waals surface area contributed by atoms with E-state index in [1.54, 1.807) is 0 Å². The molecule has 1 aliphatic rings. The number of para-hydroxylation sites is 3. The molecule has 3 nitrogen and oxygen atoms in total. The number of allylic oxidation sites excluding steroid dienone is 3. The molecule has 1 atom stereocenters. The summed E-state index contributed by atoms with van der Waals surface area (Å²) in [4.78, 5) is 2.52. The van der Waals surface area contributed by atoms with Crippen LogP contribution >= 0.6 is 0 Å². The molecule has 50 heavy (non-hydrogen) atoms. The van der Waals surface area contributed by atoms with Crippen LogP contribution in [0.4, 0.5) is 11.4 Å². The molecule has 6 aromatic carbocycles. The molecule has 3 heteroatoms. The first-order valence-electron chi connectivity index (χ1n) is 17.4. The molecule has 0 fully saturated rings. The second-order valence-electron chi connectivity index (χ2n) is 13.0. The van der Waals surface area contributed by atoms with Crippen LogP contribution in [0.1, 0.15) is 19.4 Å². The Hall–Kier alpha value is -6.32. The van der Waals surface area contributed by atoms with Crippen LogP contribution < -0.4 is 4.90 Å². The van der Waals surface area contributed by atoms with Gasteiger partial charge in [-0.1, -0.05) is 85.0 Å². The van der Waals surface area contributed by atoms with E-state index < -0.39 is 0 Å². The molecule has 3 heterocycles. The van der Waals surface area contributed by atoms with Crippen molar-refractivity contribution >= 4 is 38.8 Å². The Morgan fingerprint density at radius 1 is 0.500 bits per heavy atom. The van der Waals surface area contributed by atoms with Crippen molar-refractivity contribution < 1.29 is 0 Å². The lowest BCUT2D eigenvalue weighted by molar-refractivity contribution is 0.917. The first kappa shape index (κ1) is 29.8. The Kier molecular flexibility index (Phi) is 7.32. The van der Waals surface area contributed by atoms with Crippen LogP contribution in [0.5, 0.6) is 0 Å². The average molecular weight is 644 g/mol. The van der Waals surface area contributed by atoms with Crippen molar-refractivity contribution in [3.05, 3.63) is 188 Å². The predicted molar refractivity (Wildman–Crippen MR) is 212 cm³/mol. The van der Waals surface area contributed by atoms with Crippen molar-refractivity contribution in [2.24, 2.45) is 0 Å². The highest BCUT2D eigenvalue weighted by atomic mass is 15.2. The van der Waals surface area contributed by atoms with Crippen molar-refractivity contribution in [2.45, 2.75) is 19.9 Å². The van der Waals surface area contributed by atoms with E-state index in [4.69, 9.17) is 0 Å². The fourth-order valence-electron chi connectivity index (χ4n) is 7.69. The molecule has 1 aliphatic heterocycles. The lowest BCUT2D eigenvalue weighted by Gasteiger charge is -2.27. The van der Waals surface area contributed by atoms with Gasteiger partial charge in [0, 0.05) is 51.4 Å². The topological polar surface area (TPSA) is 13.1 Å². The fraction of sp³-hybridized carbons (Fsp3) is 0.0638. The molecule has 2 aromatic heterocycles. The largest absolute Gasteiger partial charge is 0.333 e. The van der Waals surface area contributed by atoms with E-state index in [1.165, 1.54) is 72.3 Å². The molecule has 0 radical (unpaired) electrons. The Balaban J connectivity index is 1.26. The molecule has 240 valence electrons. The van der Waals surface area contributed by atoms with E-state index >= 15 is 0 Å². The summed E-state index contributed by atoms with van der Waals surface area (Å²) >= 11 is 0. The first-order valence-corrected chi connectivity index (χ1v) is 17.4. The molecular formula is C47H37N3. The van der Waals surface area contributed by atoms with Gasteiger partial charge in [-0.05, 0) is 121 Å². The first-order chi connectivity index (χ1) is 24.7. The Morgan fingerprint density at radius 2 is 1.02 bits per heavy atom. The maximum Gasteiger partial charge on any atom is 0.0573 e.